The fourth-order valence-electron chi connectivity index (χ4n) is 2.91. The molecule has 1 aliphatic rings. The van der Waals surface area contributed by atoms with Gasteiger partial charge < -0.3 is 0 Å². The van der Waals surface area contributed by atoms with Gasteiger partial charge in [-0.3, -0.25) is 0 Å². The Morgan fingerprint density at radius 2 is 2.00 bits per heavy atom. The lowest BCUT2D eigenvalue weighted by Gasteiger charge is -2.05. The van der Waals surface area contributed by atoms with Gasteiger partial charge in [0.15, 0.2) is 5.82 Å². The Labute approximate surface area is 145 Å². The molecule has 0 amide bonds. The van der Waals surface area contributed by atoms with Crippen molar-refractivity contribution in [2.24, 2.45) is 10.9 Å². The van der Waals surface area contributed by atoms with Crippen molar-refractivity contribution in [1.29, 1.82) is 0 Å². The first-order chi connectivity index (χ1) is 11.2. The van der Waals surface area contributed by atoms with Gasteiger partial charge in [-0.15, -0.1) is 11.3 Å². The summed E-state index contributed by atoms with van der Waals surface area (Å²) in [6, 6.07) is 8.92. The van der Waals surface area contributed by atoms with Gasteiger partial charge in [-0.25, -0.2) is 4.39 Å². The lowest BCUT2D eigenvalue weighted by molar-refractivity contribution is 0.551. The zero-order chi connectivity index (χ0) is 16.1. The van der Waals surface area contributed by atoms with Gasteiger partial charge in [-0.2, -0.15) is 4.99 Å². The molecule has 116 valence electrons. The van der Waals surface area contributed by atoms with Crippen molar-refractivity contribution in [3.05, 3.63) is 51.5 Å². The molecule has 3 rings (SSSR count). The first-order valence-electron chi connectivity index (χ1n) is 7.73. The molecule has 0 unspecified atom stereocenters. The van der Waals surface area contributed by atoms with E-state index in [1.54, 1.807) is 23.5 Å². The van der Waals surface area contributed by atoms with Gasteiger partial charge >= 0.3 is 0 Å². The van der Waals surface area contributed by atoms with Gasteiger partial charge in [-0.05, 0) is 54.9 Å². The second-order valence-electron chi connectivity index (χ2n) is 5.74. The highest BCUT2D eigenvalue weighted by Crippen LogP contribution is 2.30. The van der Waals surface area contributed by atoms with Gasteiger partial charge in [0, 0.05) is 10.4 Å². The van der Waals surface area contributed by atoms with E-state index < -0.39 is 5.82 Å². The van der Waals surface area contributed by atoms with Crippen molar-refractivity contribution in [3.8, 4) is 11.8 Å². The Morgan fingerprint density at radius 3 is 2.74 bits per heavy atom. The van der Waals surface area contributed by atoms with E-state index in [4.69, 9.17) is 0 Å². The number of hydrogen-bond donors (Lipinski definition) is 0. The Balaban J connectivity index is 1.70. The van der Waals surface area contributed by atoms with Crippen molar-refractivity contribution in [1.82, 2.24) is 0 Å². The van der Waals surface area contributed by atoms with E-state index in [1.165, 1.54) is 43.0 Å². The molecule has 0 bridgehead atoms. The molecule has 0 atom stereocenters. The van der Waals surface area contributed by atoms with Crippen molar-refractivity contribution in [2.75, 3.05) is 0 Å². The van der Waals surface area contributed by atoms with Crippen LogP contribution in [0, 0.1) is 23.6 Å². The molecule has 1 aliphatic carbocycles. The van der Waals surface area contributed by atoms with Crippen molar-refractivity contribution in [2.45, 2.75) is 32.1 Å². The summed E-state index contributed by atoms with van der Waals surface area (Å²) >= 11 is 6.23. The van der Waals surface area contributed by atoms with Crippen LogP contribution in [0.1, 0.15) is 41.0 Å². The van der Waals surface area contributed by atoms with Gasteiger partial charge in [0.1, 0.15) is 5.69 Å². The molecule has 0 radical (unpaired) electrons. The average molecular weight is 341 g/mol. The number of thiophene rings is 1. The van der Waals surface area contributed by atoms with Crippen LogP contribution in [-0.2, 0) is 6.42 Å². The van der Waals surface area contributed by atoms with Crippen molar-refractivity contribution in [3.63, 3.8) is 0 Å². The Kier molecular flexibility index (Phi) is 5.35. The molecule has 0 N–H and O–H groups in total. The number of halogens is 1. The molecule has 1 aromatic heterocycles. The summed E-state index contributed by atoms with van der Waals surface area (Å²) in [5, 5.41) is 2.17. The number of benzene rings is 1. The van der Waals surface area contributed by atoms with Crippen molar-refractivity contribution >= 4 is 34.4 Å². The van der Waals surface area contributed by atoms with E-state index in [0.29, 0.717) is 5.56 Å². The molecule has 1 fully saturated rings. The van der Waals surface area contributed by atoms with Gasteiger partial charge in [0.05, 0.1) is 10.0 Å². The van der Waals surface area contributed by atoms with E-state index in [0.717, 1.165) is 10.8 Å². The average Bonchev–Trinajstić information content (AvgIpc) is 3.20. The van der Waals surface area contributed by atoms with E-state index in [2.05, 4.69) is 46.3 Å². The minimum atomic E-state index is -0.428. The first kappa shape index (κ1) is 16.1. The second kappa shape index (κ2) is 7.66. The lowest BCUT2D eigenvalue weighted by Crippen LogP contribution is -1.95. The molecule has 1 heterocycles. The van der Waals surface area contributed by atoms with Crippen LogP contribution in [0.5, 0.6) is 0 Å². The number of aliphatic imine (C=N–C) groups is 1. The molecule has 4 heteroatoms. The normalized spacial score (nSPS) is 14.1. The third kappa shape index (κ3) is 4.36. The number of thiocarbonyl (C=S) groups is 1. The molecule has 1 saturated carbocycles. The monoisotopic (exact) mass is 341 g/mol. The topological polar surface area (TPSA) is 12.4 Å². The summed E-state index contributed by atoms with van der Waals surface area (Å²) in [6.45, 7) is 0. The Hall–Kier alpha value is -1.79. The maximum atomic E-state index is 13.7. The molecule has 0 saturated heterocycles. The zero-order valence-electron chi connectivity index (χ0n) is 12.6. The van der Waals surface area contributed by atoms with E-state index in [9.17, 15) is 4.39 Å². The standard InChI is InChI=1S/C19H16FNS2/c20-18-12-15(6-10-19(18)21-13-22)5-7-16-8-9-17(23-16)11-14-3-1-2-4-14/h6,8-10,12,14H,1-4,11H2. The molecule has 0 aliphatic heterocycles. The Bertz CT molecular complexity index is 800. The predicted octanol–water partition coefficient (Wildman–Crippen LogP) is 5.75. The van der Waals surface area contributed by atoms with Gasteiger partial charge in [0.2, 0.25) is 0 Å². The summed E-state index contributed by atoms with van der Waals surface area (Å²) in [5.74, 6) is 6.55. The SMILES string of the molecule is Fc1cc(C#Cc2ccc(CC3CCCC3)s2)ccc1N=C=S. The van der Waals surface area contributed by atoms with E-state index in [1.807, 2.05) is 0 Å². The molecule has 23 heavy (non-hydrogen) atoms. The fraction of sp³-hybridized carbons (Fsp3) is 0.316. The van der Waals surface area contributed by atoms with Gasteiger partial charge in [0.25, 0.3) is 0 Å². The van der Waals surface area contributed by atoms with E-state index in [-0.39, 0.29) is 5.69 Å². The fourth-order valence-corrected chi connectivity index (χ4v) is 3.99. The van der Waals surface area contributed by atoms with E-state index >= 15 is 0 Å². The largest absolute Gasteiger partial charge is 0.205 e. The van der Waals surface area contributed by atoms with Crippen LogP contribution in [0.3, 0.4) is 0 Å². The first-order valence-corrected chi connectivity index (χ1v) is 8.95. The van der Waals surface area contributed by atoms with Crippen LogP contribution in [0.4, 0.5) is 10.1 Å². The van der Waals surface area contributed by atoms with Gasteiger partial charge in [-0.1, -0.05) is 37.5 Å². The molecule has 1 aromatic carbocycles. The maximum Gasteiger partial charge on any atom is 0.150 e. The molecular weight excluding hydrogens is 325 g/mol. The molecule has 0 spiro atoms. The van der Waals surface area contributed by atoms with Crippen LogP contribution in [-0.4, -0.2) is 5.16 Å². The van der Waals surface area contributed by atoms with Crippen LogP contribution in [0.15, 0.2) is 35.3 Å². The smallest absolute Gasteiger partial charge is 0.150 e. The number of rotatable bonds is 3. The molecule has 2 aromatic rings. The Morgan fingerprint density at radius 1 is 1.17 bits per heavy atom. The van der Waals surface area contributed by atoms with Crippen LogP contribution in [0.25, 0.3) is 0 Å². The van der Waals surface area contributed by atoms with Crippen LogP contribution in [0.2, 0.25) is 0 Å². The molecular formula is C19H16FNS2. The highest BCUT2D eigenvalue weighted by Gasteiger charge is 2.16. The summed E-state index contributed by atoms with van der Waals surface area (Å²) in [5.41, 5.74) is 0.831. The maximum absolute atomic E-state index is 13.7. The minimum absolute atomic E-state index is 0.195. The summed E-state index contributed by atoms with van der Waals surface area (Å²) in [4.78, 5) is 6.09. The number of isothiocyanates is 1. The summed E-state index contributed by atoms with van der Waals surface area (Å²) < 4.78 is 13.7. The highest BCUT2D eigenvalue weighted by molar-refractivity contribution is 7.78. The third-order valence-corrected chi connectivity index (χ3v) is 5.18. The third-order valence-electron chi connectivity index (χ3n) is 4.07. The van der Waals surface area contributed by atoms with Crippen LogP contribution < -0.4 is 0 Å². The quantitative estimate of drug-likeness (QED) is 0.393. The minimum Gasteiger partial charge on any atom is -0.205 e. The zero-order valence-corrected chi connectivity index (χ0v) is 14.3. The summed E-state index contributed by atoms with van der Waals surface area (Å²) in [6.07, 6.45) is 6.63. The predicted molar refractivity (Wildman–Crippen MR) is 97.0 cm³/mol. The van der Waals surface area contributed by atoms with Crippen molar-refractivity contribution < 1.29 is 4.39 Å². The summed E-state index contributed by atoms with van der Waals surface area (Å²) in [7, 11) is 0. The highest BCUT2D eigenvalue weighted by atomic mass is 32.1. The second-order valence-corrected chi connectivity index (χ2v) is 7.09. The lowest BCUT2D eigenvalue weighted by atomic mass is 10.0. The van der Waals surface area contributed by atoms with Crippen LogP contribution >= 0.6 is 23.6 Å². The molecule has 1 nitrogen and oxygen atoms in total. The number of nitrogens with zero attached hydrogens (tertiary/aromatic N) is 1. The number of hydrogen-bond acceptors (Lipinski definition) is 3.